The average molecular weight is 560 g/mol. The molecule has 0 saturated carbocycles. The van der Waals surface area contributed by atoms with E-state index in [2.05, 4.69) is 13.8 Å². The molecule has 3 amide bonds. The number of carbonyl (C=O) groups is 4. The summed E-state index contributed by atoms with van der Waals surface area (Å²) in [5.41, 5.74) is 0.718. The van der Waals surface area contributed by atoms with Crippen molar-refractivity contribution < 1.29 is 38.5 Å². The number of carboxylic acids is 1. The molecule has 40 heavy (non-hydrogen) atoms. The smallest absolute Gasteiger partial charge is 0.308 e. The monoisotopic (exact) mass is 559 g/mol. The number of rotatable bonds is 14. The van der Waals surface area contributed by atoms with Crippen molar-refractivity contribution in [2.75, 3.05) is 46.6 Å². The number of aliphatic carboxylic acids is 1. The van der Waals surface area contributed by atoms with E-state index >= 15 is 0 Å². The lowest BCUT2D eigenvalue weighted by Crippen LogP contribution is -2.46. The third kappa shape index (κ3) is 6.35. The van der Waals surface area contributed by atoms with Crippen LogP contribution in [0.4, 0.5) is 0 Å². The number of hydrogen-bond acceptors (Lipinski definition) is 8. The summed E-state index contributed by atoms with van der Waals surface area (Å²) in [5, 5.41) is 10.5. The van der Waals surface area contributed by atoms with Crippen molar-refractivity contribution in [1.29, 1.82) is 0 Å². The van der Waals surface area contributed by atoms with Gasteiger partial charge in [-0.3, -0.25) is 29.0 Å². The number of unbranched alkanes of at least 4 members (excludes halogenated alkanes) is 2. The van der Waals surface area contributed by atoms with Crippen molar-refractivity contribution in [2.24, 2.45) is 5.92 Å². The minimum atomic E-state index is -0.991. The van der Waals surface area contributed by atoms with Gasteiger partial charge in [0.2, 0.25) is 30.3 Å². The third-order valence-electron chi connectivity index (χ3n) is 8.20. The Morgan fingerprint density at radius 1 is 1.07 bits per heavy atom. The first-order chi connectivity index (χ1) is 19.3. The molecule has 11 nitrogen and oxygen atoms in total. The summed E-state index contributed by atoms with van der Waals surface area (Å²) >= 11 is 0. The number of imide groups is 1. The number of nitrogens with zero attached hydrogens (tertiary/aromatic N) is 3. The van der Waals surface area contributed by atoms with Gasteiger partial charge in [0.25, 0.3) is 0 Å². The Kier molecular flexibility index (Phi) is 9.89. The highest BCUT2D eigenvalue weighted by Gasteiger charge is 2.48. The number of fused-ring (bicyclic) bond motifs is 1. The largest absolute Gasteiger partial charge is 0.493 e. The SMILES string of the molecule is CCCCN(CCCC)C(=O)CN1CC(c2cc(OC)c3c(c2)OCO3)[C@H](C(=O)O)[C@H]1CCN1C(=O)CCC1=O. The number of likely N-dealkylation sites (tertiary alicyclic amines) is 2. The number of carbonyl (C=O) groups excluding carboxylic acids is 3. The molecule has 3 atom stereocenters. The van der Waals surface area contributed by atoms with Crippen LogP contribution in [-0.4, -0.2) is 96.2 Å². The molecule has 3 heterocycles. The summed E-state index contributed by atoms with van der Waals surface area (Å²) in [6.07, 6.45) is 4.36. The number of carboxylic acid groups (broad SMARTS) is 1. The van der Waals surface area contributed by atoms with Crippen molar-refractivity contribution in [2.45, 2.75) is 70.8 Å². The van der Waals surface area contributed by atoms with Gasteiger partial charge >= 0.3 is 5.97 Å². The number of ether oxygens (including phenoxy) is 3. The van der Waals surface area contributed by atoms with Crippen LogP contribution in [0.2, 0.25) is 0 Å². The first kappa shape index (κ1) is 29.6. The van der Waals surface area contributed by atoms with Gasteiger partial charge in [0.15, 0.2) is 11.5 Å². The lowest BCUT2D eigenvalue weighted by atomic mass is 9.84. The van der Waals surface area contributed by atoms with Crippen LogP contribution in [0.25, 0.3) is 0 Å². The minimum Gasteiger partial charge on any atom is -0.493 e. The van der Waals surface area contributed by atoms with Crippen molar-refractivity contribution in [3.63, 3.8) is 0 Å². The maximum atomic E-state index is 13.6. The Labute approximate surface area is 235 Å². The highest BCUT2D eigenvalue weighted by molar-refractivity contribution is 6.01. The van der Waals surface area contributed by atoms with Crippen LogP contribution >= 0.6 is 0 Å². The van der Waals surface area contributed by atoms with E-state index in [1.165, 1.54) is 12.0 Å². The molecule has 0 spiro atoms. The molecule has 0 aliphatic carbocycles. The van der Waals surface area contributed by atoms with Gasteiger partial charge in [-0.25, -0.2) is 0 Å². The maximum Gasteiger partial charge on any atom is 0.308 e. The van der Waals surface area contributed by atoms with Gasteiger partial charge in [0.1, 0.15) is 0 Å². The van der Waals surface area contributed by atoms with Crippen LogP contribution in [0.1, 0.15) is 70.3 Å². The zero-order valence-corrected chi connectivity index (χ0v) is 23.7. The first-order valence-electron chi connectivity index (χ1n) is 14.3. The highest BCUT2D eigenvalue weighted by Crippen LogP contribution is 2.47. The van der Waals surface area contributed by atoms with Gasteiger partial charge in [-0.15, -0.1) is 0 Å². The molecule has 1 N–H and O–H groups in total. The van der Waals surface area contributed by atoms with E-state index in [9.17, 15) is 24.3 Å². The van der Waals surface area contributed by atoms with E-state index in [0.717, 1.165) is 31.2 Å². The number of hydrogen-bond donors (Lipinski definition) is 1. The summed E-state index contributed by atoms with van der Waals surface area (Å²) in [6, 6.07) is 3.01. The summed E-state index contributed by atoms with van der Waals surface area (Å²) in [5.74, 6) is -1.41. The fourth-order valence-electron chi connectivity index (χ4n) is 6.02. The van der Waals surface area contributed by atoms with E-state index < -0.39 is 23.8 Å². The molecule has 0 bridgehead atoms. The average Bonchev–Trinajstić information content (AvgIpc) is 3.64. The molecule has 3 aliphatic heterocycles. The van der Waals surface area contributed by atoms with Crippen molar-refractivity contribution in [1.82, 2.24) is 14.7 Å². The highest BCUT2D eigenvalue weighted by atomic mass is 16.7. The second-order valence-electron chi connectivity index (χ2n) is 10.7. The Morgan fingerprint density at radius 3 is 2.35 bits per heavy atom. The molecule has 4 rings (SSSR count). The fourth-order valence-corrected chi connectivity index (χ4v) is 6.02. The Bertz CT molecular complexity index is 1080. The van der Waals surface area contributed by atoms with Crippen molar-refractivity contribution >= 4 is 23.7 Å². The Morgan fingerprint density at radius 2 is 1.75 bits per heavy atom. The third-order valence-corrected chi connectivity index (χ3v) is 8.20. The number of amides is 3. The van der Waals surface area contributed by atoms with E-state index in [-0.39, 0.29) is 56.9 Å². The zero-order chi connectivity index (χ0) is 28.8. The first-order valence-corrected chi connectivity index (χ1v) is 14.3. The maximum absolute atomic E-state index is 13.6. The molecule has 1 aromatic rings. The van der Waals surface area contributed by atoms with Crippen LogP contribution in [0.15, 0.2) is 12.1 Å². The quantitative estimate of drug-likeness (QED) is 0.343. The molecule has 3 aliphatic rings. The van der Waals surface area contributed by atoms with Crippen LogP contribution in [0.5, 0.6) is 17.2 Å². The fraction of sp³-hybridized carbons (Fsp3) is 0.655. The summed E-state index contributed by atoms with van der Waals surface area (Å²) < 4.78 is 16.6. The molecule has 220 valence electrons. The van der Waals surface area contributed by atoms with E-state index in [1.807, 2.05) is 9.80 Å². The normalized spacial score (nSPS) is 22.3. The van der Waals surface area contributed by atoms with Crippen LogP contribution in [0.3, 0.4) is 0 Å². The van der Waals surface area contributed by atoms with Gasteiger partial charge in [0, 0.05) is 51.0 Å². The van der Waals surface area contributed by atoms with Crippen LogP contribution in [0, 0.1) is 5.92 Å². The zero-order valence-electron chi connectivity index (χ0n) is 23.7. The summed E-state index contributed by atoms with van der Waals surface area (Å²) in [4.78, 5) is 56.0. The van der Waals surface area contributed by atoms with Gasteiger partial charge in [-0.1, -0.05) is 26.7 Å². The van der Waals surface area contributed by atoms with Crippen molar-refractivity contribution in [3.05, 3.63) is 17.7 Å². The second-order valence-corrected chi connectivity index (χ2v) is 10.7. The van der Waals surface area contributed by atoms with Gasteiger partial charge in [-0.2, -0.15) is 0 Å². The number of methoxy groups -OCH3 is 1. The van der Waals surface area contributed by atoms with Crippen molar-refractivity contribution in [3.8, 4) is 17.2 Å². The predicted octanol–water partition coefficient (Wildman–Crippen LogP) is 2.86. The molecule has 2 saturated heterocycles. The lowest BCUT2D eigenvalue weighted by molar-refractivity contribution is -0.144. The van der Waals surface area contributed by atoms with E-state index in [0.29, 0.717) is 36.9 Å². The molecule has 1 unspecified atom stereocenters. The second kappa shape index (κ2) is 13.3. The Hall–Kier alpha value is -3.34. The standard InChI is InChI=1S/C29H41N3O8/c1-4-6-11-30(12-7-5-2)26(35)17-31-16-20(19-14-22(38-3)28-23(15-19)39-18-40-28)27(29(36)37)21(31)10-13-32-24(33)8-9-25(32)34/h14-15,20-21,27H,4-13,16-18H2,1-3H3,(H,36,37)/t20?,21-,27+/m1/s1. The minimum absolute atomic E-state index is 0.0340. The number of benzene rings is 1. The molecule has 2 fully saturated rings. The Balaban J connectivity index is 1.63. The molecular weight excluding hydrogens is 518 g/mol. The molecule has 11 heteroatoms. The predicted molar refractivity (Wildman–Crippen MR) is 145 cm³/mol. The molecular formula is C29H41N3O8. The topological polar surface area (TPSA) is 126 Å². The van der Waals surface area contributed by atoms with Gasteiger partial charge in [0.05, 0.1) is 19.6 Å². The molecule has 0 radical (unpaired) electrons. The molecule has 1 aromatic carbocycles. The lowest BCUT2D eigenvalue weighted by Gasteiger charge is -2.30. The van der Waals surface area contributed by atoms with Crippen LogP contribution in [-0.2, 0) is 19.2 Å². The van der Waals surface area contributed by atoms with Crippen LogP contribution < -0.4 is 14.2 Å². The van der Waals surface area contributed by atoms with Gasteiger partial charge < -0.3 is 24.2 Å². The summed E-state index contributed by atoms with van der Waals surface area (Å²) in [7, 11) is 1.52. The van der Waals surface area contributed by atoms with E-state index in [1.54, 1.807) is 12.1 Å². The summed E-state index contributed by atoms with van der Waals surface area (Å²) in [6.45, 7) is 6.07. The molecule has 0 aromatic heterocycles. The van der Waals surface area contributed by atoms with E-state index in [4.69, 9.17) is 14.2 Å². The van der Waals surface area contributed by atoms with Gasteiger partial charge in [-0.05, 0) is 37.0 Å².